The predicted octanol–water partition coefficient (Wildman–Crippen LogP) is 4.64. The number of aromatic amines is 1. The Morgan fingerprint density at radius 2 is 2.18 bits per heavy atom. The van der Waals surface area contributed by atoms with Crippen molar-refractivity contribution in [3.8, 4) is 0 Å². The van der Waals surface area contributed by atoms with Gasteiger partial charge in [0.2, 0.25) is 11.1 Å². The van der Waals surface area contributed by atoms with E-state index in [1.165, 1.54) is 43.9 Å². The van der Waals surface area contributed by atoms with Crippen LogP contribution in [0.1, 0.15) is 56.7 Å². The average molecular weight is 399 g/mol. The van der Waals surface area contributed by atoms with Gasteiger partial charge in [-0.1, -0.05) is 55.6 Å². The Balaban J connectivity index is 1.23. The number of aryl methyl sites for hydroxylation is 1. The molecule has 1 amide bonds. The van der Waals surface area contributed by atoms with Crippen molar-refractivity contribution in [2.24, 2.45) is 5.92 Å². The van der Waals surface area contributed by atoms with Crippen molar-refractivity contribution in [3.63, 3.8) is 0 Å². The molecule has 3 aromatic rings. The number of furan rings is 1. The van der Waals surface area contributed by atoms with Gasteiger partial charge >= 0.3 is 0 Å². The highest BCUT2D eigenvalue weighted by atomic mass is 32.2. The number of amides is 1. The second kappa shape index (κ2) is 8.82. The fourth-order valence-corrected chi connectivity index (χ4v) is 4.42. The number of rotatable bonds is 8. The molecule has 6 nitrogen and oxygen atoms in total. The lowest BCUT2D eigenvalue weighted by molar-refractivity contribution is -0.119. The summed E-state index contributed by atoms with van der Waals surface area (Å²) >= 11 is 1.35. The number of H-pyrrole nitrogens is 1. The number of benzene rings is 1. The Kier molecular flexibility index (Phi) is 6.00. The van der Waals surface area contributed by atoms with E-state index < -0.39 is 0 Å². The van der Waals surface area contributed by atoms with Crippen LogP contribution in [0.15, 0.2) is 39.9 Å². The molecule has 1 aromatic carbocycles. The van der Waals surface area contributed by atoms with Gasteiger partial charge in [-0.15, -0.1) is 5.10 Å². The summed E-state index contributed by atoms with van der Waals surface area (Å²) in [5, 5.41) is 11.9. The smallest absolute Gasteiger partial charge is 0.231 e. The minimum atomic E-state index is -0.186. The number of thioether (sulfide) groups is 1. The number of carbonyl (C=O) groups is 1. The molecule has 2 heterocycles. The second-order valence-corrected chi connectivity index (χ2v) is 8.46. The number of carbonyl (C=O) groups excluding carboxylic acids is 1. The van der Waals surface area contributed by atoms with E-state index in [1.54, 1.807) is 0 Å². The van der Waals surface area contributed by atoms with Crippen LogP contribution in [-0.2, 0) is 11.2 Å². The van der Waals surface area contributed by atoms with Gasteiger partial charge in [-0.3, -0.25) is 9.89 Å². The number of hydrogen-bond acceptors (Lipinski definition) is 5. The number of nitrogens with zero attached hydrogens (tertiary/aromatic N) is 2. The van der Waals surface area contributed by atoms with Gasteiger partial charge in [-0.25, -0.2) is 4.98 Å². The molecule has 0 saturated heterocycles. The predicted molar refractivity (Wildman–Crippen MR) is 110 cm³/mol. The third kappa shape index (κ3) is 4.76. The first-order chi connectivity index (χ1) is 13.7. The van der Waals surface area contributed by atoms with Gasteiger partial charge in [0, 0.05) is 11.8 Å². The summed E-state index contributed by atoms with van der Waals surface area (Å²) in [5.74, 6) is 2.74. The molecule has 1 aliphatic carbocycles. The first kappa shape index (κ1) is 19.1. The summed E-state index contributed by atoms with van der Waals surface area (Å²) in [6.45, 7) is 1.92. The minimum Gasteiger partial charge on any atom is -0.459 e. The summed E-state index contributed by atoms with van der Waals surface area (Å²) in [4.78, 5) is 16.8. The summed E-state index contributed by atoms with van der Waals surface area (Å²) in [6.07, 6.45) is 7.54. The lowest BCUT2D eigenvalue weighted by Gasteiger charge is -2.10. The maximum absolute atomic E-state index is 12.3. The number of nitrogens with one attached hydrogen (secondary N) is 2. The molecular formula is C21H26N4O2S. The second-order valence-electron chi connectivity index (χ2n) is 7.52. The van der Waals surface area contributed by atoms with E-state index in [0.717, 1.165) is 34.9 Å². The highest BCUT2D eigenvalue weighted by molar-refractivity contribution is 7.99. The normalized spacial score (nSPS) is 15.9. The quantitative estimate of drug-likeness (QED) is 0.540. The molecule has 1 atom stereocenters. The molecule has 0 unspecified atom stereocenters. The molecular weight excluding hydrogens is 372 g/mol. The minimum absolute atomic E-state index is 0.0599. The average Bonchev–Trinajstić information content (AvgIpc) is 3.45. The maximum Gasteiger partial charge on any atom is 0.231 e. The molecule has 1 fully saturated rings. The van der Waals surface area contributed by atoms with Gasteiger partial charge in [-0.05, 0) is 31.4 Å². The van der Waals surface area contributed by atoms with Gasteiger partial charge in [0.1, 0.15) is 17.2 Å². The van der Waals surface area contributed by atoms with Gasteiger partial charge in [0.25, 0.3) is 0 Å². The number of hydrogen-bond donors (Lipinski definition) is 2. The van der Waals surface area contributed by atoms with Crippen LogP contribution < -0.4 is 5.32 Å². The largest absolute Gasteiger partial charge is 0.459 e. The Hall–Kier alpha value is -2.28. The van der Waals surface area contributed by atoms with Crippen molar-refractivity contribution in [1.82, 2.24) is 20.5 Å². The van der Waals surface area contributed by atoms with Crippen LogP contribution in [0, 0.1) is 5.92 Å². The topological polar surface area (TPSA) is 83.8 Å². The number of para-hydroxylation sites is 1. The summed E-state index contributed by atoms with van der Waals surface area (Å²) in [7, 11) is 0. The van der Waals surface area contributed by atoms with Crippen LogP contribution in [0.3, 0.4) is 0 Å². The van der Waals surface area contributed by atoms with Crippen molar-refractivity contribution in [2.45, 2.75) is 56.6 Å². The lowest BCUT2D eigenvalue weighted by atomic mass is 10.0. The SMILES string of the molecule is C[C@H](NC(=O)CSc1n[nH]c(CCC2CCCC2)n1)c1cc2ccccc2o1. The molecule has 1 aliphatic rings. The van der Waals surface area contributed by atoms with Gasteiger partial charge in [-0.2, -0.15) is 0 Å². The molecule has 0 spiro atoms. The lowest BCUT2D eigenvalue weighted by Crippen LogP contribution is -2.27. The molecule has 0 aliphatic heterocycles. The maximum atomic E-state index is 12.3. The Morgan fingerprint density at radius 1 is 1.36 bits per heavy atom. The van der Waals surface area contributed by atoms with Gasteiger partial charge < -0.3 is 9.73 Å². The van der Waals surface area contributed by atoms with Crippen LogP contribution in [0.5, 0.6) is 0 Å². The highest BCUT2D eigenvalue weighted by Crippen LogP contribution is 2.28. The molecule has 4 rings (SSSR count). The molecule has 0 radical (unpaired) electrons. The van der Waals surface area contributed by atoms with Crippen LogP contribution in [0.2, 0.25) is 0 Å². The van der Waals surface area contributed by atoms with E-state index >= 15 is 0 Å². The van der Waals surface area contributed by atoms with Gasteiger partial charge in [0.05, 0.1) is 11.8 Å². The standard InChI is InChI=1S/C21H26N4O2S/c1-14(18-12-16-8-4-5-9-17(16)27-18)22-20(26)13-28-21-23-19(24-25-21)11-10-15-6-2-3-7-15/h4-5,8-9,12,14-15H,2-3,6-7,10-11,13H2,1H3,(H,22,26)(H,23,24,25)/t14-/m0/s1. The Bertz CT molecular complexity index is 896. The summed E-state index contributed by atoms with van der Waals surface area (Å²) in [5.41, 5.74) is 0.832. The van der Waals surface area contributed by atoms with Crippen LogP contribution >= 0.6 is 11.8 Å². The van der Waals surface area contributed by atoms with Crippen LogP contribution in [0.25, 0.3) is 11.0 Å². The van der Waals surface area contributed by atoms with E-state index in [0.29, 0.717) is 5.16 Å². The van der Waals surface area contributed by atoms with Crippen molar-refractivity contribution in [3.05, 3.63) is 41.9 Å². The van der Waals surface area contributed by atoms with Crippen molar-refractivity contribution < 1.29 is 9.21 Å². The first-order valence-electron chi connectivity index (χ1n) is 9.99. The molecule has 7 heteroatoms. The molecule has 148 valence electrons. The number of fused-ring (bicyclic) bond motifs is 1. The van der Waals surface area contributed by atoms with E-state index in [4.69, 9.17) is 4.42 Å². The van der Waals surface area contributed by atoms with E-state index in [2.05, 4.69) is 20.5 Å². The fourth-order valence-electron chi connectivity index (χ4n) is 3.79. The van der Waals surface area contributed by atoms with Crippen molar-refractivity contribution in [1.29, 1.82) is 0 Å². The molecule has 2 N–H and O–H groups in total. The van der Waals surface area contributed by atoms with Crippen molar-refractivity contribution >= 4 is 28.6 Å². The zero-order valence-corrected chi connectivity index (χ0v) is 16.9. The Morgan fingerprint density at radius 3 is 3.00 bits per heavy atom. The molecule has 1 saturated carbocycles. The summed E-state index contributed by atoms with van der Waals surface area (Å²) < 4.78 is 5.81. The van der Waals surface area contributed by atoms with E-state index in [1.807, 2.05) is 37.3 Å². The fraction of sp³-hybridized carbons (Fsp3) is 0.476. The molecule has 28 heavy (non-hydrogen) atoms. The van der Waals surface area contributed by atoms with Gasteiger partial charge in [0.15, 0.2) is 0 Å². The van der Waals surface area contributed by atoms with E-state index in [-0.39, 0.29) is 17.7 Å². The van der Waals surface area contributed by atoms with Crippen LogP contribution in [-0.4, -0.2) is 26.8 Å². The first-order valence-corrected chi connectivity index (χ1v) is 11.0. The molecule has 2 aromatic heterocycles. The third-order valence-electron chi connectivity index (χ3n) is 5.36. The third-order valence-corrected chi connectivity index (χ3v) is 6.20. The zero-order chi connectivity index (χ0) is 19.3. The number of aromatic nitrogens is 3. The Labute approximate surface area is 168 Å². The van der Waals surface area contributed by atoms with Crippen molar-refractivity contribution in [2.75, 3.05) is 5.75 Å². The highest BCUT2D eigenvalue weighted by Gasteiger charge is 2.17. The zero-order valence-electron chi connectivity index (χ0n) is 16.1. The monoisotopic (exact) mass is 398 g/mol. The van der Waals surface area contributed by atoms with Crippen LogP contribution in [0.4, 0.5) is 0 Å². The summed E-state index contributed by atoms with van der Waals surface area (Å²) in [6, 6.07) is 9.63. The molecule has 0 bridgehead atoms. The van der Waals surface area contributed by atoms with E-state index in [9.17, 15) is 4.79 Å².